The fourth-order valence-electron chi connectivity index (χ4n) is 1.55. The highest BCUT2D eigenvalue weighted by Gasteiger charge is 2.25. The Morgan fingerprint density at radius 3 is 2.42 bits per heavy atom. The summed E-state index contributed by atoms with van der Waals surface area (Å²) in [6.45, 7) is 7.34. The number of ether oxygens (including phenoxy) is 1. The van der Waals surface area contributed by atoms with Crippen molar-refractivity contribution in [3.63, 3.8) is 0 Å². The molecule has 2 rings (SSSR count). The molecule has 19 heavy (non-hydrogen) atoms. The van der Waals surface area contributed by atoms with Crippen molar-refractivity contribution in [2.24, 2.45) is 5.41 Å². The van der Waals surface area contributed by atoms with E-state index in [2.05, 4.69) is 5.10 Å². The van der Waals surface area contributed by atoms with Gasteiger partial charge in [-0.15, -0.1) is 0 Å². The highest BCUT2D eigenvalue weighted by Crippen LogP contribution is 2.23. The van der Waals surface area contributed by atoms with Gasteiger partial charge in [0.1, 0.15) is 0 Å². The maximum Gasteiger partial charge on any atom is 0.317 e. The molecule has 0 aliphatic carbocycles. The molecule has 0 saturated heterocycles. The number of hydrogen-bond acceptors (Lipinski definition) is 3. The average Bonchev–Trinajstić information content (AvgIpc) is 2.70. The van der Waals surface area contributed by atoms with Gasteiger partial charge in [0.05, 0.1) is 16.8 Å². The number of carbonyl (C=O) groups excluding carboxylic acids is 1. The second-order valence-corrected chi connectivity index (χ2v) is 5.51. The summed E-state index contributed by atoms with van der Waals surface area (Å²) in [6, 6.07) is 11.4. The third-order valence-corrected chi connectivity index (χ3v) is 2.61. The normalized spacial score (nSPS) is 11.4. The molecule has 0 N–H and O–H groups in total. The molecule has 0 amide bonds. The number of carbonyl (C=O) groups is 1. The summed E-state index contributed by atoms with van der Waals surface area (Å²) in [5.74, 6) is 0.174. The number of aromatic nitrogens is 2. The highest BCUT2D eigenvalue weighted by atomic mass is 16.5. The number of rotatable bonds is 2. The molecule has 1 aromatic heterocycles. The Hall–Kier alpha value is -2.10. The third kappa shape index (κ3) is 3.02. The van der Waals surface area contributed by atoms with Crippen LogP contribution in [-0.4, -0.2) is 15.7 Å². The van der Waals surface area contributed by atoms with Crippen LogP contribution in [0.15, 0.2) is 36.4 Å². The summed E-state index contributed by atoms with van der Waals surface area (Å²) in [6.07, 6.45) is 0. The van der Waals surface area contributed by atoms with Crippen LogP contribution in [0.25, 0.3) is 5.69 Å². The molecule has 100 valence electrons. The quantitative estimate of drug-likeness (QED) is 0.777. The van der Waals surface area contributed by atoms with Crippen LogP contribution in [0.5, 0.6) is 5.88 Å². The van der Waals surface area contributed by atoms with Crippen LogP contribution in [0.2, 0.25) is 0 Å². The predicted molar refractivity (Wildman–Crippen MR) is 73.4 cm³/mol. The topological polar surface area (TPSA) is 44.1 Å². The molecule has 0 aliphatic heterocycles. The maximum atomic E-state index is 12.0. The molecule has 0 radical (unpaired) electrons. The lowest BCUT2D eigenvalue weighted by Crippen LogP contribution is -2.26. The van der Waals surface area contributed by atoms with Crippen molar-refractivity contribution in [3.05, 3.63) is 42.1 Å². The average molecular weight is 258 g/mol. The summed E-state index contributed by atoms with van der Waals surface area (Å²) in [5.41, 5.74) is 1.13. The Balaban J connectivity index is 2.35. The molecule has 4 heteroatoms. The summed E-state index contributed by atoms with van der Waals surface area (Å²) >= 11 is 0. The van der Waals surface area contributed by atoms with E-state index in [1.807, 2.05) is 58.0 Å². The van der Waals surface area contributed by atoms with Crippen molar-refractivity contribution in [1.82, 2.24) is 9.78 Å². The van der Waals surface area contributed by atoms with E-state index in [1.165, 1.54) is 0 Å². The second kappa shape index (κ2) is 4.88. The van der Waals surface area contributed by atoms with Crippen molar-refractivity contribution in [1.29, 1.82) is 0 Å². The van der Waals surface area contributed by atoms with Crippen LogP contribution in [0.3, 0.4) is 0 Å². The lowest BCUT2D eigenvalue weighted by Gasteiger charge is -2.16. The first-order chi connectivity index (χ1) is 8.88. The molecular weight excluding hydrogens is 240 g/mol. The van der Waals surface area contributed by atoms with E-state index in [0.29, 0.717) is 5.88 Å². The maximum absolute atomic E-state index is 12.0. The highest BCUT2D eigenvalue weighted by molar-refractivity contribution is 5.77. The first-order valence-corrected chi connectivity index (χ1v) is 6.22. The fraction of sp³-hybridized carbons (Fsp3) is 0.333. The molecule has 0 spiro atoms. The molecule has 1 aromatic carbocycles. The number of esters is 1. The summed E-state index contributed by atoms with van der Waals surface area (Å²) in [5, 5.41) is 4.36. The predicted octanol–water partition coefficient (Wildman–Crippen LogP) is 3.13. The largest absolute Gasteiger partial charge is 0.407 e. The van der Waals surface area contributed by atoms with Gasteiger partial charge in [0.25, 0.3) is 0 Å². The van der Waals surface area contributed by atoms with Crippen LogP contribution >= 0.6 is 0 Å². The standard InChI is InChI=1S/C15H18N2O2/c1-11-10-13(19-14(18)15(2,3)4)17(16-11)12-8-6-5-7-9-12/h5-10H,1-4H3. The molecule has 0 atom stereocenters. The smallest absolute Gasteiger partial charge is 0.317 e. The van der Waals surface area contributed by atoms with Crippen LogP contribution in [0, 0.1) is 12.3 Å². The zero-order valence-electron chi connectivity index (χ0n) is 11.7. The number of nitrogens with zero attached hydrogens (tertiary/aromatic N) is 2. The van der Waals surface area contributed by atoms with Crippen molar-refractivity contribution in [3.8, 4) is 11.6 Å². The van der Waals surface area contributed by atoms with E-state index in [-0.39, 0.29) is 5.97 Å². The summed E-state index contributed by atoms with van der Waals surface area (Å²) < 4.78 is 7.08. The number of para-hydroxylation sites is 1. The van der Waals surface area contributed by atoms with Gasteiger partial charge >= 0.3 is 5.97 Å². The number of aryl methyl sites for hydroxylation is 1. The van der Waals surface area contributed by atoms with Crippen LogP contribution in [0.1, 0.15) is 26.5 Å². The van der Waals surface area contributed by atoms with Gasteiger partial charge in [0.15, 0.2) is 0 Å². The molecule has 4 nitrogen and oxygen atoms in total. The van der Waals surface area contributed by atoms with Crippen molar-refractivity contribution >= 4 is 5.97 Å². The first-order valence-electron chi connectivity index (χ1n) is 6.22. The van der Waals surface area contributed by atoms with Gasteiger partial charge < -0.3 is 4.74 Å². The molecule has 0 aliphatic rings. The molecular formula is C15H18N2O2. The van der Waals surface area contributed by atoms with E-state index >= 15 is 0 Å². The van der Waals surface area contributed by atoms with Crippen molar-refractivity contribution < 1.29 is 9.53 Å². The van der Waals surface area contributed by atoms with Crippen LogP contribution in [-0.2, 0) is 4.79 Å². The number of benzene rings is 1. The van der Waals surface area contributed by atoms with E-state index in [1.54, 1.807) is 10.7 Å². The van der Waals surface area contributed by atoms with Gasteiger partial charge in [-0.3, -0.25) is 4.79 Å². The van der Waals surface area contributed by atoms with Gasteiger partial charge in [-0.25, -0.2) is 4.68 Å². The Morgan fingerprint density at radius 2 is 1.84 bits per heavy atom. The Morgan fingerprint density at radius 1 is 1.21 bits per heavy atom. The zero-order valence-corrected chi connectivity index (χ0v) is 11.7. The van der Waals surface area contributed by atoms with Gasteiger partial charge in [-0.05, 0) is 39.8 Å². The Kier molecular flexibility index (Phi) is 3.42. The second-order valence-electron chi connectivity index (χ2n) is 5.51. The Labute approximate surface area is 113 Å². The molecule has 0 bridgehead atoms. The van der Waals surface area contributed by atoms with Gasteiger partial charge in [-0.1, -0.05) is 18.2 Å². The van der Waals surface area contributed by atoms with Gasteiger partial charge in [-0.2, -0.15) is 5.10 Å². The van der Waals surface area contributed by atoms with E-state index in [0.717, 1.165) is 11.4 Å². The van der Waals surface area contributed by atoms with Crippen LogP contribution < -0.4 is 4.74 Å². The van der Waals surface area contributed by atoms with Gasteiger partial charge in [0, 0.05) is 6.07 Å². The first kappa shape index (κ1) is 13.3. The lowest BCUT2D eigenvalue weighted by atomic mass is 9.97. The summed E-state index contributed by atoms with van der Waals surface area (Å²) in [4.78, 5) is 12.0. The van der Waals surface area contributed by atoms with E-state index in [9.17, 15) is 4.79 Å². The van der Waals surface area contributed by atoms with Gasteiger partial charge in [0.2, 0.25) is 5.88 Å². The lowest BCUT2D eigenvalue weighted by molar-refractivity contribution is -0.143. The molecule has 0 unspecified atom stereocenters. The monoisotopic (exact) mass is 258 g/mol. The Bertz CT molecular complexity index is 580. The molecule has 0 saturated carbocycles. The van der Waals surface area contributed by atoms with Crippen LogP contribution in [0.4, 0.5) is 0 Å². The fourth-order valence-corrected chi connectivity index (χ4v) is 1.55. The third-order valence-electron chi connectivity index (χ3n) is 2.61. The molecule has 1 heterocycles. The zero-order chi connectivity index (χ0) is 14.0. The summed E-state index contributed by atoms with van der Waals surface area (Å²) in [7, 11) is 0. The van der Waals surface area contributed by atoms with E-state index < -0.39 is 5.41 Å². The minimum absolute atomic E-state index is 0.274. The van der Waals surface area contributed by atoms with E-state index in [4.69, 9.17) is 4.74 Å². The van der Waals surface area contributed by atoms with Crippen molar-refractivity contribution in [2.75, 3.05) is 0 Å². The minimum atomic E-state index is -0.542. The minimum Gasteiger partial charge on any atom is -0.407 e. The van der Waals surface area contributed by atoms with Crippen molar-refractivity contribution in [2.45, 2.75) is 27.7 Å². The number of hydrogen-bond donors (Lipinski definition) is 0. The molecule has 2 aromatic rings. The SMILES string of the molecule is Cc1cc(OC(=O)C(C)(C)C)n(-c2ccccc2)n1. The molecule has 0 fully saturated rings.